The van der Waals surface area contributed by atoms with E-state index in [1.165, 1.54) is 43.5 Å². The Labute approximate surface area is 203 Å². The summed E-state index contributed by atoms with van der Waals surface area (Å²) in [6.07, 6.45) is 0.866. The molecule has 1 atom stereocenters. The molecule has 1 fully saturated rings. The van der Waals surface area contributed by atoms with Crippen molar-refractivity contribution in [2.24, 2.45) is 0 Å². The molecule has 4 rings (SSSR count). The van der Waals surface area contributed by atoms with Crippen LogP contribution in [-0.4, -0.2) is 62.7 Å². The van der Waals surface area contributed by atoms with Gasteiger partial charge in [-0.15, -0.1) is 5.10 Å². The van der Waals surface area contributed by atoms with E-state index in [0.29, 0.717) is 24.2 Å². The van der Waals surface area contributed by atoms with E-state index in [9.17, 15) is 21.6 Å². The maximum atomic E-state index is 13.1. The molecule has 0 radical (unpaired) electrons. The van der Waals surface area contributed by atoms with Gasteiger partial charge in [0.1, 0.15) is 11.8 Å². The SMILES string of the molecule is CCS(=O)(=O)c1ccc(-c2nnc(NC(=O)C3CCCN3S(=O)(=O)c3ccc(OC)cc3)o2)cc1. The molecule has 2 aromatic carbocycles. The molecule has 0 aliphatic carbocycles. The van der Waals surface area contributed by atoms with Crippen molar-refractivity contribution in [3.8, 4) is 17.2 Å². The van der Waals surface area contributed by atoms with Gasteiger partial charge in [-0.05, 0) is 61.4 Å². The number of carbonyl (C=O) groups is 1. The molecule has 1 N–H and O–H groups in total. The van der Waals surface area contributed by atoms with E-state index < -0.39 is 31.8 Å². The van der Waals surface area contributed by atoms with E-state index in [4.69, 9.17) is 9.15 Å². The Morgan fingerprint density at radius 1 is 1.06 bits per heavy atom. The highest BCUT2D eigenvalue weighted by molar-refractivity contribution is 7.91. The third-order valence-corrected chi connectivity index (χ3v) is 9.34. The lowest BCUT2D eigenvalue weighted by atomic mass is 10.2. The van der Waals surface area contributed by atoms with Gasteiger partial charge in [-0.25, -0.2) is 16.8 Å². The zero-order valence-electron chi connectivity index (χ0n) is 19.0. The minimum Gasteiger partial charge on any atom is -0.497 e. The third kappa shape index (κ3) is 5.06. The van der Waals surface area contributed by atoms with Crippen molar-refractivity contribution in [1.82, 2.24) is 14.5 Å². The molecule has 3 aromatic rings. The van der Waals surface area contributed by atoms with E-state index in [-0.39, 0.29) is 34.0 Å². The minimum atomic E-state index is -3.91. The summed E-state index contributed by atoms with van der Waals surface area (Å²) in [4.78, 5) is 13.1. The van der Waals surface area contributed by atoms with Crippen molar-refractivity contribution in [2.75, 3.05) is 24.7 Å². The molecule has 1 saturated heterocycles. The number of hydrogen-bond donors (Lipinski definition) is 1. The molecule has 1 aromatic heterocycles. The van der Waals surface area contributed by atoms with Gasteiger partial charge in [-0.2, -0.15) is 4.31 Å². The molecular weight excluding hydrogens is 496 g/mol. The Balaban J connectivity index is 1.48. The maximum Gasteiger partial charge on any atom is 0.322 e. The topological polar surface area (TPSA) is 149 Å². The summed E-state index contributed by atoms with van der Waals surface area (Å²) in [7, 11) is -5.76. The standard InChI is InChI=1S/C22H24N4O7S2/c1-3-34(28,29)17-10-6-15(7-11-17)21-24-25-22(33-21)23-20(27)19-5-4-14-26(19)35(30,31)18-12-8-16(32-2)9-13-18/h6-13,19H,3-5,14H2,1-2H3,(H,23,25,27). The Bertz CT molecular complexity index is 1420. The van der Waals surface area contributed by atoms with Crippen LogP contribution in [0.15, 0.2) is 62.7 Å². The van der Waals surface area contributed by atoms with Gasteiger partial charge in [0.15, 0.2) is 9.84 Å². The van der Waals surface area contributed by atoms with Gasteiger partial charge in [-0.3, -0.25) is 10.1 Å². The van der Waals surface area contributed by atoms with Crippen molar-refractivity contribution in [2.45, 2.75) is 35.6 Å². The van der Waals surface area contributed by atoms with E-state index >= 15 is 0 Å². The number of methoxy groups -OCH3 is 1. The maximum absolute atomic E-state index is 13.1. The van der Waals surface area contributed by atoms with Gasteiger partial charge in [0, 0.05) is 12.1 Å². The van der Waals surface area contributed by atoms with Crippen LogP contribution in [0.4, 0.5) is 6.01 Å². The number of ether oxygens (including phenoxy) is 1. The van der Waals surface area contributed by atoms with Crippen LogP contribution in [0.1, 0.15) is 19.8 Å². The number of sulfone groups is 1. The number of hydrogen-bond acceptors (Lipinski definition) is 9. The van der Waals surface area contributed by atoms with Gasteiger partial charge in [-0.1, -0.05) is 12.0 Å². The monoisotopic (exact) mass is 520 g/mol. The summed E-state index contributed by atoms with van der Waals surface area (Å²) in [6, 6.07) is 10.8. The van der Waals surface area contributed by atoms with Crippen LogP contribution in [0.2, 0.25) is 0 Å². The zero-order chi connectivity index (χ0) is 25.2. The summed E-state index contributed by atoms with van der Waals surface area (Å²) in [5, 5.41) is 10.2. The van der Waals surface area contributed by atoms with E-state index in [2.05, 4.69) is 15.5 Å². The molecule has 1 unspecified atom stereocenters. The number of rotatable bonds is 8. The second-order valence-corrected chi connectivity index (χ2v) is 11.9. The van der Waals surface area contributed by atoms with Crippen LogP contribution in [0.3, 0.4) is 0 Å². The van der Waals surface area contributed by atoms with Crippen LogP contribution in [-0.2, 0) is 24.7 Å². The van der Waals surface area contributed by atoms with Gasteiger partial charge in [0.2, 0.25) is 21.8 Å². The first-order valence-electron chi connectivity index (χ1n) is 10.8. The Morgan fingerprint density at radius 2 is 1.71 bits per heavy atom. The first-order chi connectivity index (χ1) is 16.7. The van der Waals surface area contributed by atoms with Crippen LogP contribution >= 0.6 is 0 Å². The number of nitrogens with one attached hydrogen (secondary N) is 1. The third-order valence-electron chi connectivity index (χ3n) is 5.67. The van der Waals surface area contributed by atoms with Gasteiger partial charge >= 0.3 is 6.01 Å². The average molecular weight is 521 g/mol. The Morgan fingerprint density at radius 3 is 2.34 bits per heavy atom. The molecule has 0 spiro atoms. The summed E-state index contributed by atoms with van der Waals surface area (Å²) in [5.74, 6) is -0.00216. The normalized spacial score (nSPS) is 16.8. The molecule has 11 nitrogen and oxygen atoms in total. The predicted molar refractivity (Wildman–Crippen MR) is 126 cm³/mol. The van der Waals surface area contributed by atoms with Crippen molar-refractivity contribution < 1.29 is 30.8 Å². The fraction of sp³-hybridized carbons (Fsp3) is 0.318. The van der Waals surface area contributed by atoms with Gasteiger partial charge in [0.25, 0.3) is 0 Å². The summed E-state index contributed by atoms with van der Waals surface area (Å²) < 4.78 is 61.9. The second-order valence-electron chi connectivity index (χ2n) is 7.78. The molecule has 1 amide bonds. The molecular formula is C22H24N4O7S2. The van der Waals surface area contributed by atoms with Crippen LogP contribution in [0.25, 0.3) is 11.5 Å². The summed E-state index contributed by atoms with van der Waals surface area (Å²) >= 11 is 0. The van der Waals surface area contributed by atoms with Gasteiger partial charge in [0.05, 0.1) is 22.7 Å². The number of amides is 1. The molecule has 2 heterocycles. The molecule has 13 heteroatoms. The molecule has 1 aliphatic heterocycles. The Hall–Kier alpha value is -3.29. The summed E-state index contributed by atoms with van der Waals surface area (Å²) in [5.41, 5.74) is 0.470. The van der Waals surface area contributed by atoms with E-state index in [1.54, 1.807) is 19.1 Å². The highest BCUT2D eigenvalue weighted by Crippen LogP contribution is 2.28. The number of benzene rings is 2. The fourth-order valence-corrected chi connectivity index (χ4v) is 6.26. The first kappa shape index (κ1) is 24.8. The number of aromatic nitrogens is 2. The Kier molecular flexibility index (Phi) is 6.92. The quantitative estimate of drug-likeness (QED) is 0.472. The van der Waals surface area contributed by atoms with Crippen molar-refractivity contribution in [3.05, 3.63) is 48.5 Å². The van der Waals surface area contributed by atoms with Crippen molar-refractivity contribution in [3.63, 3.8) is 0 Å². The number of nitrogens with zero attached hydrogens (tertiary/aromatic N) is 3. The molecule has 0 saturated carbocycles. The second kappa shape index (κ2) is 9.76. The zero-order valence-corrected chi connectivity index (χ0v) is 20.7. The molecule has 1 aliphatic rings. The van der Waals surface area contributed by atoms with Crippen molar-refractivity contribution >= 4 is 31.8 Å². The average Bonchev–Trinajstić information content (AvgIpc) is 3.55. The molecule has 186 valence electrons. The minimum absolute atomic E-state index is 0.0184. The van der Waals surface area contributed by atoms with Crippen LogP contribution in [0, 0.1) is 0 Å². The van der Waals surface area contributed by atoms with E-state index in [0.717, 1.165) is 4.31 Å². The first-order valence-corrected chi connectivity index (χ1v) is 13.9. The largest absolute Gasteiger partial charge is 0.497 e. The lowest BCUT2D eigenvalue weighted by Crippen LogP contribution is -2.43. The lowest BCUT2D eigenvalue weighted by Gasteiger charge is -2.22. The lowest BCUT2D eigenvalue weighted by molar-refractivity contribution is -0.119. The predicted octanol–water partition coefficient (Wildman–Crippen LogP) is 2.33. The number of carbonyl (C=O) groups excluding carboxylic acids is 1. The summed E-state index contributed by atoms with van der Waals surface area (Å²) in [6.45, 7) is 1.76. The number of sulfonamides is 1. The van der Waals surface area contributed by atoms with Crippen LogP contribution < -0.4 is 10.1 Å². The van der Waals surface area contributed by atoms with E-state index in [1.807, 2.05) is 0 Å². The van der Waals surface area contributed by atoms with Crippen LogP contribution in [0.5, 0.6) is 5.75 Å². The fourth-order valence-electron chi connectivity index (χ4n) is 3.72. The molecule has 0 bridgehead atoms. The smallest absolute Gasteiger partial charge is 0.322 e. The molecule has 35 heavy (non-hydrogen) atoms. The van der Waals surface area contributed by atoms with Gasteiger partial charge < -0.3 is 9.15 Å². The highest BCUT2D eigenvalue weighted by atomic mass is 32.2. The number of anilines is 1. The highest BCUT2D eigenvalue weighted by Gasteiger charge is 2.40. The van der Waals surface area contributed by atoms with Crippen molar-refractivity contribution in [1.29, 1.82) is 0 Å².